The highest BCUT2D eigenvalue weighted by molar-refractivity contribution is 5.77. The van der Waals surface area contributed by atoms with Crippen LogP contribution in [0.15, 0.2) is 18.5 Å². The molecule has 2 heterocycles. The first kappa shape index (κ1) is 23.8. The average Bonchev–Trinajstić information content (AvgIpc) is 3.48. The number of nitrogens with one attached hydrogen (secondary N) is 1. The van der Waals surface area contributed by atoms with E-state index < -0.39 is 42.4 Å². The minimum absolute atomic E-state index is 0.0943. The number of imidazole rings is 1. The largest absolute Gasteiger partial charge is 0.392 e. The molecule has 2 fully saturated rings. The maximum Gasteiger partial charge on any atom is 0.392 e. The van der Waals surface area contributed by atoms with Crippen molar-refractivity contribution in [3.05, 3.63) is 29.7 Å². The molecule has 2 saturated carbocycles. The van der Waals surface area contributed by atoms with Crippen LogP contribution in [0.2, 0.25) is 0 Å². The van der Waals surface area contributed by atoms with Crippen molar-refractivity contribution < 1.29 is 26.7 Å². The summed E-state index contributed by atoms with van der Waals surface area (Å²) in [6, 6.07) is 0.813. The normalized spacial score (nSPS) is 22.2. The lowest BCUT2D eigenvalue weighted by Gasteiger charge is -2.31. The third-order valence-electron chi connectivity index (χ3n) is 6.79. The highest BCUT2D eigenvalue weighted by Crippen LogP contribution is 2.42. The quantitative estimate of drug-likeness (QED) is 0.571. The van der Waals surface area contributed by atoms with Crippen LogP contribution in [0.25, 0.3) is 5.65 Å². The molecule has 2 aromatic heterocycles. The van der Waals surface area contributed by atoms with Gasteiger partial charge in [-0.25, -0.2) is 18.3 Å². The summed E-state index contributed by atoms with van der Waals surface area (Å²) in [6.45, 7) is 0.988. The van der Waals surface area contributed by atoms with Crippen LogP contribution in [0.5, 0.6) is 0 Å². The molecule has 0 aliphatic heterocycles. The van der Waals surface area contributed by atoms with Crippen LogP contribution in [-0.4, -0.2) is 32.6 Å². The Morgan fingerprint density at radius 3 is 2.52 bits per heavy atom. The van der Waals surface area contributed by atoms with Gasteiger partial charge in [0, 0.05) is 19.3 Å². The van der Waals surface area contributed by atoms with Gasteiger partial charge in [0.25, 0.3) is 0 Å². The Morgan fingerprint density at radius 1 is 1.24 bits per heavy atom. The van der Waals surface area contributed by atoms with Gasteiger partial charge in [-0.1, -0.05) is 6.92 Å². The van der Waals surface area contributed by atoms with Crippen LogP contribution in [0.4, 0.5) is 22.0 Å². The van der Waals surface area contributed by atoms with E-state index in [-0.39, 0.29) is 24.7 Å². The Hall–Kier alpha value is -2.30. The third-order valence-corrected chi connectivity index (χ3v) is 6.79. The van der Waals surface area contributed by atoms with Crippen molar-refractivity contribution in [1.82, 2.24) is 19.9 Å². The van der Waals surface area contributed by atoms with Gasteiger partial charge in [0.15, 0.2) is 5.65 Å². The molecule has 11 heteroatoms. The second kappa shape index (κ2) is 8.81. The van der Waals surface area contributed by atoms with Gasteiger partial charge in [-0.05, 0) is 49.1 Å². The Balaban J connectivity index is 1.48. The van der Waals surface area contributed by atoms with Crippen molar-refractivity contribution >= 4 is 11.6 Å². The number of nitrogens with zero attached hydrogens (tertiary/aromatic N) is 3. The molecule has 1 unspecified atom stereocenters. The molecule has 3 atom stereocenters. The SMILES string of the molecule is CC(CC(=O)N[C@@H](c1cnn2cc([C@@H](N)C3CCC(F)(F)CC3)nc2c1)C1CC1)C(F)(F)F. The zero-order valence-corrected chi connectivity index (χ0v) is 18.3. The van der Waals surface area contributed by atoms with E-state index >= 15 is 0 Å². The number of fused-ring (bicyclic) bond motifs is 1. The Labute approximate surface area is 188 Å². The third kappa shape index (κ3) is 5.62. The number of hydrogen-bond donors (Lipinski definition) is 2. The number of alkyl halides is 5. The monoisotopic (exact) mass is 473 g/mol. The zero-order chi connectivity index (χ0) is 24.0. The summed E-state index contributed by atoms with van der Waals surface area (Å²) >= 11 is 0. The maximum absolute atomic E-state index is 13.5. The predicted molar refractivity (Wildman–Crippen MR) is 110 cm³/mol. The van der Waals surface area contributed by atoms with Gasteiger partial charge in [0.2, 0.25) is 11.8 Å². The first-order chi connectivity index (χ1) is 15.4. The van der Waals surface area contributed by atoms with Gasteiger partial charge < -0.3 is 11.1 Å². The minimum Gasteiger partial charge on any atom is -0.349 e. The van der Waals surface area contributed by atoms with Gasteiger partial charge in [0.05, 0.1) is 36.1 Å². The molecule has 4 rings (SSSR count). The minimum atomic E-state index is -4.42. The molecular formula is C22H28F5N5O. The van der Waals surface area contributed by atoms with Crippen LogP contribution in [0.1, 0.15) is 75.2 Å². The van der Waals surface area contributed by atoms with Gasteiger partial charge in [0.1, 0.15) is 0 Å². The first-order valence-electron chi connectivity index (χ1n) is 11.3. The molecule has 182 valence electrons. The summed E-state index contributed by atoms with van der Waals surface area (Å²) in [5.74, 6) is -4.97. The van der Waals surface area contributed by atoms with E-state index in [0.717, 1.165) is 19.8 Å². The van der Waals surface area contributed by atoms with Crippen LogP contribution >= 0.6 is 0 Å². The summed E-state index contributed by atoms with van der Waals surface area (Å²) in [4.78, 5) is 16.8. The topological polar surface area (TPSA) is 85.3 Å². The smallest absolute Gasteiger partial charge is 0.349 e. The van der Waals surface area contributed by atoms with E-state index in [2.05, 4.69) is 15.4 Å². The molecule has 0 spiro atoms. The first-order valence-corrected chi connectivity index (χ1v) is 11.3. The van der Waals surface area contributed by atoms with Gasteiger partial charge in [-0.3, -0.25) is 4.79 Å². The zero-order valence-electron chi connectivity index (χ0n) is 18.3. The van der Waals surface area contributed by atoms with Crippen molar-refractivity contribution in [2.24, 2.45) is 23.5 Å². The lowest BCUT2D eigenvalue weighted by Crippen LogP contribution is -2.33. The second-order valence-electron chi connectivity index (χ2n) is 9.51. The van der Waals surface area contributed by atoms with Gasteiger partial charge in [-0.2, -0.15) is 18.3 Å². The second-order valence-corrected chi connectivity index (χ2v) is 9.51. The van der Waals surface area contributed by atoms with Gasteiger partial charge in [-0.15, -0.1) is 0 Å². The average molecular weight is 473 g/mol. The number of carbonyl (C=O) groups is 1. The molecule has 2 aliphatic rings. The number of halogens is 5. The Kier molecular flexibility index (Phi) is 6.36. The molecule has 1 amide bonds. The molecule has 0 bridgehead atoms. The summed E-state index contributed by atoms with van der Waals surface area (Å²) in [5.41, 5.74) is 8.04. The number of nitrogens with two attached hydrogens (primary N) is 1. The molecule has 33 heavy (non-hydrogen) atoms. The van der Waals surface area contributed by atoms with Crippen molar-refractivity contribution in [3.8, 4) is 0 Å². The maximum atomic E-state index is 13.5. The number of aromatic nitrogens is 3. The predicted octanol–water partition coefficient (Wildman–Crippen LogP) is 4.71. The molecule has 2 aromatic rings. The summed E-state index contributed by atoms with van der Waals surface area (Å²) in [6.07, 6.45) is 0.197. The summed E-state index contributed by atoms with van der Waals surface area (Å²) < 4.78 is 66.9. The van der Waals surface area contributed by atoms with E-state index in [4.69, 9.17) is 5.73 Å². The van der Waals surface area contributed by atoms with E-state index in [1.165, 1.54) is 4.52 Å². The lowest BCUT2D eigenvalue weighted by atomic mass is 9.81. The fourth-order valence-corrected chi connectivity index (χ4v) is 4.43. The molecule has 0 saturated heterocycles. The van der Waals surface area contributed by atoms with Crippen molar-refractivity contribution in [2.45, 2.75) is 76.1 Å². The van der Waals surface area contributed by atoms with Crippen molar-refractivity contribution in [3.63, 3.8) is 0 Å². The number of hydrogen-bond acceptors (Lipinski definition) is 4. The van der Waals surface area contributed by atoms with Crippen LogP contribution in [0.3, 0.4) is 0 Å². The highest BCUT2D eigenvalue weighted by atomic mass is 19.4. The van der Waals surface area contributed by atoms with Gasteiger partial charge >= 0.3 is 6.18 Å². The molecular weight excluding hydrogens is 445 g/mol. The highest BCUT2D eigenvalue weighted by Gasteiger charge is 2.40. The van der Waals surface area contributed by atoms with E-state index in [1.807, 2.05) is 0 Å². The fraction of sp³-hybridized carbons (Fsp3) is 0.682. The Bertz CT molecular complexity index is 993. The number of amides is 1. The molecule has 2 aliphatic carbocycles. The van der Waals surface area contributed by atoms with Crippen LogP contribution < -0.4 is 11.1 Å². The molecule has 0 radical (unpaired) electrons. The van der Waals surface area contributed by atoms with Crippen molar-refractivity contribution in [1.29, 1.82) is 0 Å². The summed E-state index contributed by atoms with van der Waals surface area (Å²) in [5, 5.41) is 7.08. The molecule has 0 aromatic carbocycles. The number of carbonyl (C=O) groups excluding carboxylic acids is 1. The van der Waals surface area contributed by atoms with E-state index in [9.17, 15) is 26.7 Å². The summed E-state index contributed by atoms with van der Waals surface area (Å²) in [7, 11) is 0. The van der Waals surface area contributed by atoms with E-state index in [0.29, 0.717) is 29.7 Å². The Morgan fingerprint density at radius 2 is 1.91 bits per heavy atom. The van der Waals surface area contributed by atoms with Crippen LogP contribution in [0, 0.1) is 17.8 Å². The standard InChI is InChI=1S/C22H28F5N5O/c1-12(22(25,26)27)8-18(33)31-20(14-2-3-14)15-9-17-30-16(11-32(17)29-10-15)19(28)13-4-6-21(23,24)7-5-13/h9-14,19-20H,2-8,28H2,1H3,(H,31,33)/t12?,19-,20+/m0/s1. The fourth-order valence-electron chi connectivity index (χ4n) is 4.43. The van der Waals surface area contributed by atoms with Crippen molar-refractivity contribution in [2.75, 3.05) is 0 Å². The lowest BCUT2D eigenvalue weighted by molar-refractivity contribution is -0.174. The number of rotatable bonds is 7. The van der Waals surface area contributed by atoms with Crippen LogP contribution in [-0.2, 0) is 4.79 Å². The molecule has 6 nitrogen and oxygen atoms in total. The van der Waals surface area contributed by atoms with E-state index in [1.54, 1.807) is 18.5 Å². The molecule has 3 N–H and O–H groups in total.